The second-order valence-corrected chi connectivity index (χ2v) is 7.88. The van der Waals surface area contributed by atoms with Gasteiger partial charge in [-0.2, -0.15) is 0 Å². The predicted octanol–water partition coefficient (Wildman–Crippen LogP) is 2.68. The second kappa shape index (κ2) is 9.51. The number of amides is 2. The van der Waals surface area contributed by atoms with Crippen LogP contribution in [0.3, 0.4) is 0 Å². The van der Waals surface area contributed by atoms with Gasteiger partial charge in [-0.1, -0.05) is 44.2 Å². The fourth-order valence-corrected chi connectivity index (χ4v) is 3.61. The van der Waals surface area contributed by atoms with Crippen LogP contribution in [0, 0.1) is 5.92 Å². The Morgan fingerprint density at radius 2 is 1.54 bits per heavy atom. The van der Waals surface area contributed by atoms with E-state index < -0.39 is 0 Å². The highest BCUT2D eigenvalue weighted by Gasteiger charge is 2.28. The summed E-state index contributed by atoms with van der Waals surface area (Å²) in [6.07, 6.45) is 1.62. The average Bonchev–Trinajstić information content (AvgIpc) is 2.69. The molecule has 0 spiro atoms. The summed E-state index contributed by atoms with van der Waals surface area (Å²) in [5, 5.41) is 5.97. The molecule has 3 rings (SSSR count). The van der Waals surface area contributed by atoms with E-state index in [1.165, 1.54) is 10.5 Å². The van der Waals surface area contributed by atoms with Crippen LogP contribution in [0.25, 0.3) is 0 Å². The second-order valence-electron chi connectivity index (χ2n) is 7.88. The maximum absolute atomic E-state index is 12.4. The third-order valence-corrected chi connectivity index (χ3v) is 5.38. The van der Waals surface area contributed by atoms with Crippen molar-refractivity contribution in [1.29, 1.82) is 0 Å². The van der Waals surface area contributed by atoms with Crippen molar-refractivity contribution < 1.29 is 14.5 Å². The number of carbonyl (C=O) groups excluding carboxylic acids is 2. The maximum atomic E-state index is 12.4. The van der Waals surface area contributed by atoms with Gasteiger partial charge in [0.2, 0.25) is 5.91 Å². The van der Waals surface area contributed by atoms with E-state index in [0.29, 0.717) is 12.5 Å². The maximum Gasteiger partial charge on any atom is 0.279 e. The number of anilines is 2. The molecular weight excluding hydrogens is 350 g/mol. The minimum absolute atomic E-state index is 0.0237. The summed E-state index contributed by atoms with van der Waals surface area (Å²) in [7, 11) is 0. The summed E-state index contributed by atoms with van der Waals surface area (Å²) < 4.78 is 0. The lowest BCUT2D eigenvalue weighted by atomic mass is 9.96. The molecule has 3 N–H and O–H groups in total. The third kappa shape index (κ3) is 5.67. The molecule has 148 valence electrons. The first kappa shape index (κ1) is 20.1. The van der Waals surface area contributed by atoms with Crippen molar-refractivity contribution in [3.05, 3.63) is 60.2 Å². The number of hydrogen-bond acceptors (Lipinski definition) is 2. The van der Waals surface area contributed by atoms with Crippen molar-refractivity contribution in [3.8, 4) is 0 Å². The molecular formula is C23H30N3O2+. The van der Waals surface area contributed by atoms with E-state index in [2.05, 4.69) is 36.6 Å². The van der Waals surface area contributed by atoms with Gasteiger partial charge in [0.05, 0.1) is 13.1 Å². The van der Waals surface area contributed by atoms with Gasteiger partial charge in [-0.15, -0.1) is 0 Å². The zero-order valence-corrected chi connectivity index (χ0v) is 16.7. The van der Waals surface area contributed by atoms with Gasteiger partial charge in [0.25, 0.3) is 5.91 Å². The number of para-hydroxylation sites is 1. The smallest absolute Gasteiger partial charge is 0.279 e. The standard InChI is InChI=1S/C23H29N3O2/c1-17(2)18-8-10-21(11-9-18)24-22(27)16-26-14-12-19(13-15-26)23(28)25-20-6-4-3-5-7-20/h3-11,17,19H,12-16H2,1-2H3,(H,24,27)(H,25,28)/p+1. The van der Waals surface area contributed by atoms with Crippen molar-refractivity contribution in [2.45, 2.75) is 32.6 Å². The van der Waals surface area contributed by atoms with Gasteiger partial charge in [0.15, 0.2) is 6.54 Å². The van der Waals surface area contributed by atoms with Crippen LogP contribution in [0.1, 0.15) is 38.2 Å². The van der Waals surface area contributed by atoms with Crippen molar-refractivity contribution >= 4 is 23.2 Å². The Kier molecular flexibility index (Phi) is 6.82. The van der Waals surface area contributed by atoms with E-state index in [1.54, 1.807) is 0 Å². The lowest BCUT2D eigenvalue weighted by Crippen LogP contribution is -3.14. The van der Waals surface area contributed by atoms with Crippen molar-refractivity contribution in [1.82, 2.24) is 0 Å². The van der Waals surface area contributed by atoms with Crippen LogP contribution in [0.4, 0.5) is 11.4 Å². The Hall–Kier alpha value is -2.66. The van der Waals surface area contributed by atoms with Crippen LogP contribution in [-0.4, -0.2) is 31.4 Å². The zero-order chi connectivity index (χ0) is 19.9. The molecule has 1 aliphatic rings. The summed E-state index contributed by atoms with van der Waals surface area (Å²) in [6, 6.07) is 17.6. The normalized spacial score (nSPS) is 19.2. The van der Waals surface area contributed by atoms with Crippen LogP contribution in [-0.2, 0) is 9.59 Å². The quantitative estimate of drug-likeness (QED) is 0.722. The molecule has 0 bridgehead atoms. The van der Waals surface area contributed by atoms with Crippen LogP contribution < -0.4 is 15.5 Å². The summed E-state index contributed by atoms with van der Waals surface area (Å²) in [6.45, 7) is 6.43. The van der Waals surface area contributed by atoms with Gasteiger partial charge in [-0.25, -0.2) is 0 Å². The molecule has 1 fully saturated rings. The zero-order valence-electron chi connectivity index (χ0n) is 16.7. The number of quaternary nitrogens is 1. The molecule has 5 heteroatoms. The van der Waals surface area contributed by atoms with Crippen molar-refractivity contribution in [2.75, 3.05) is 30.3 Å². The fraction of sp³-hybridized carbons (Fsp3) is 0.391. The molecule has 0 atom stereocenters. The Bertz CT molecular complexity index is 779. The van der Waals surface area contributed by atoms with Gasteiger partial charge in [0.1, 0.15) is 0 Å². The highest BCUT2D eigenvalue weighted by Crippen LogP contribution is 2.17. The Morgan fingerprint density at radius 3 is 2.14 bits per heavy atom. The number of piperidine rings is 1. The number of hydrogen-bond donors (Lipinski definition) is 3. The van der Waals surface area contributed by atoms with E-state index in [0.717, 1.165) is 37.3 Å². The van der Waals surface area contributed by atoms with Crippen LogP contribution in [0.5, 0.6) is 0 Å². The molecule has 1 aliphatic heterocycles. The van der Waals surface area contributed by atoms with Gasteiger partial charge < -0.3 is 15.5 Å². The first-order chi connectivity index (χ1) is 13.5. The number of rotatable bonds is 6. The topological polar surface area (TPSA) is 62.6 Å². The van der Waals surface area contributed by atoms with Gasteiger partial charge in [-0.3, -0.25) is 9.59 Å². The van der Waals surface area contributed by atoms with E-state index in [-0.39, 0.29) is 17.7 Å². The molecule has 2 aromatic carbocycles. The molecule has 1 heterocycles. The average molecular weight is 381 g/mol. The van der Waals surface area contributed by atoms with E-state index in [1.807, 2.05) is 42.5 Å². The molecule has 0 saturated carbocycles. The van der Waals surface area contributed by atoms with E-state index in [9.17, 15) is 9.59 Å². The van der Waals surface area contributed by atoms with Gasteiger partial charge >= 0.3 is 0 Å². The minimum Gasteiger partial charge on any atom is -0.327 e. The summed E-state index contributed by atoms with van der Waals surface area (Å²) in [5.41, 5.74) is 2.94. The SMILES string of the molecule is CC(C)c1ccc(NC(=O)C[NH+]2CCC(C(=O)Nc3ccccc3)CC2)cc1. The number of carbonyl (C=O) groups is 2. The third-order valence-electron chi connectivity index (χ3n) is 5.38. The Labute approximate surface area is 167 Å². The van der Waals surface area contributed by atoms with Crippen LogP contribution in [0.15, 0.2) is 54.6 Å². The lowest BCUT2D eigenvalue weighted by molar-refractivity contribution is -0.897. The largest absolute Gasteiger partial charge is 0.327 e. The molecule has 28 heavy (non-hydrogen) atoms. The van der Waals surface area contributed by atoms with Crippen molar-refractivity contribution in [3.63, 3.8) is 0 Å². The first-order valence-electron chi connectivity index (χ1n) is 10.1. The molecule has 2 amide bonds. The summed E-state index contributed by atoms with van der Waals surface area (Å²) >= 11 is 0. The minimum atomic E-state index is 0.0237. The Morgan fingerprint density at radius 1 is 0.929 bits per heavy atom. The highest BCUT2D eigenvalue weighted by molar-refractivity contribution is 5.92. The number of likely N-dealkylation sites (tertiary alicyclic amines) is 1. The lowest BCUT2D eigenvalue weighted by Gasteiger charge is -2.28. The molecule has 5 nitrogen and oxygen atoms in total. The van der Waals surface area contributed by atoms with Gasteiger partial charge in [-0.05, 0) is 35.7 Å². The molecule has 0 aliphatic carbocycles. The monoisotopic (exact) mass is 380 g/mol. The highest BCUT2D eigenvalue weighted by atomic mass is 16.2. The molecule has 1 saturated heterocycles. The van der Waals surface area contributed by atoms with E-state index >= 15 is 0 Å². The summed E-state index contributed by atoms with van der Waals surface area (Å²) in [4.78, 5) is 26.0. The number of benzene rings is 2. The van der Waals surface area contributed by atoms with Crippen molar-refractivity contribution in [2.24, 2.45) is 5.92 Å². The Balaban J connectivity index is 1.42. The molecule has 0 aromatic heterocycles. The number of nitrogens with one attached hydrogen (secondary N) is 3. The first-order valence-corrected chi connectivity index (χ1v) is 10.1. The summed E-state index contributed by atoms with van der Waals surface area (Å²) in [5.74, 6) is 0.615. The van der Waals surface area contributed by atoms with E-state index in [4.69, 9.17) is 0 Å². The molecule has 0 radical (unpaired) electrons. The molecule has 2 aromatic rings. The van der Waals surface area contributed by atoms with Crippen LogP contribution in [0.2, 0.25) is 0 Å². The molecule has 0 unspecified atom stereocenters. The van der Waals surface area contributed by atoms with Crippen LogP contribution >= 0.6 is 0 Å². The predicted molar refractivity (Wildman–Crippen MR) is 113 cm³/mol. The van der Waals surface area contributed by atoms with Gasteiger partial charge in [0, 0.05) is 30.1 Å². The fourth-order valence-electron chi connectivity index (χ4n) is 3.61.